The third-order valence-corrected chi connectivity index (χ3v) is 3.08. The summed E-state index contributed by atoms with van der Waals surface area (Å²) in [5, 5.41) is 11.5. The van der Waals surface area contributed by atoms with Crippen LogP contribution < -0.4 is 5.32 Å². The van der Waals surface area contributed by atoms with Crippen molar-refractivity contribution in [3.05, 3.63) is 22.8 Å². The first-order valence-corrected chi connectivity index (χ1v) is 5.68. The maximum absolute atomic E-state index is 4.18. The second-order valence-electron chi connectivity index (χ2n) is 3.78. The molecule has 0 aromatic carbocycles. The molecule has 1 N–H and O–H groups in total. The van der Waals surface area contributed by atoms with Crippen LogP contribution in [0, 0.1) is 5.92 Å². The van der Waals surface area contributed by atoms with Crippen LogP contribution in [0.4, 0.5) is 0 Å². The summed E-state index contributed by atoms with van der Waals surface area (Å²) in [6.07, 6.45) is 4.61. The van der Waals surface area contributed by atoms with Crippen LogP contribution in [0.2, 0.25) is 0 Å². The SMILES string of the molecule is Brc1cn2c(CC3CNC3)nnc2cn1. The summed E-state index contributed by atoms with van der Waals surface area (Å²) in [4.78, 5) is 4.11. The molecule has 0 bridgehead atoms. The third-order valence-electron chi connectivity index (χ3n) is 2.67. The zero-order valence-corrected chi connectivity index (χ0v) is 9.61. The normalized spacial score (nSPS) is 16.9. The van der Waals surface area contributed by atoms with Gasteiger partial charge in [0.2, 0.25) is 0 Å². The van der Waals surface area contributed by atoms with E-state index >= 15 is 0 Å². The Morgan fingerprint density at radius 3 is 3.07 bits per heavy atom. The Balaban J connectivity index is 1.98. The van der Waals surface area contributed by atoms with Gasteiger partial charge < -0.3 is 5.32 Å². The first-order chi connectivity index (χ1) is 7.33. The van der Waals surface area contributed by atoms with E-state index in [-0.39, 0.29) is 0 Å². The molecule has 3 rings (SSSR count). The quantitative estimate of drug-likeness (QED) is 0.868. The molecule has 0 radical (unpaired) electrons. The van der Waals surface area contributed by atoms with Gasteiger partial charge in [-0.05, 0) is 34.9 Å². The highest BCUT2D eigenvalue weighted by Gasteiger charge is 2.19. The topological polar surface area (TPSA) is 55.1 Å². The largest absolute Gasteiger partial charge is 0.316 e. The van der Waals surface area contributed by atoms with Crippen LogP contribution in [0.15, 0.2) is 17.0 Å². The molecular weight excluding hydrogens is 258 g/mol. The molecule has 78 valence electrons. The fraction of sp³-hybridized carbons (Fsp3) is 0.444. The van der Waals surface area contributed by atoms with Gasteiger partial charge in [0.25, 0.3) is 0 Å². The fourth-order valence-corrected chi connectivity index (χ4v) is 2.02. The van der Waals surface area contributed by atoms with E-state index in [9.17, 15) is 0 Å². The van der Waals surface area contributed by atoms with Crippen molar-refractivity contribution in [1.29, 1.82) is 0 Å². The molecule has 1 aliphatic heterocycles. The van der Waals surface area contributed by atoms with Crippen molar-refractivity contribution in [2.24, 2.45) is 5.92 Å². The predicted octanol–water partition coefficient (Wildman–Crippen LogP) is 0.649. The lowest BCUT2D eigenvalue weighted by atomic mass is 9.99. The van der Waals surface area contributed by atoms with Crippen LogP contribution >= 0.6 is 15.9 Å². The highest BCUT2D eigenvalue weighted by Crippen LogP contribution is 2.13. The van der Waals surface area contributed by atoms with Gasteiger partial charge in [0.05, 0.1) is 6.20 Å². The van der Waals surface area contributed by atoms with Gasteiger partial charge in [0, 0.05) is 12.6 Å². The van der Waals surface area contributed by atoms with Gasteiger partial charge in [0.1, 0.15) is 10.4 Å². The number of nitrogens with one attached hydrogen (secondary N) is 1. The lowest BCUT2D eigenvalue weighted by Crippen LogP contribution is -2.43. The summed E-state index contributed by atoms with van der Waals surface area (Å²) in [7, 11) is 0. The van der Waals surface area contributed by atoms with Crippen LogP contribution in [0.5, 0.6) is 0 Å². The summed E-state index contributed by atoms with van der Waals surface area (Å²) >= 11 is 3.35. The van der Waals surface area contributed by atoms with Crippen molar-refractivity contribution in [2.45, 2.75) is 6.42 Å². The highest BCUT2D eigenvalue weighted by atomic mass is 79.9. The van der Waals surface area contributed by atoms with E-state index in [4.69, 9.17) is 0 Å². The first kappa shape index (κ1) is 9.23. The van der Waals surface area contributed by atoms with Crippen LogP contribution in [0.25, 0.3) is 5.65 Å². The number of fused-ring (bicyclic) bond motifs is 1. The van der Waals surface area contributed by atoms with Crippen LogP contribution in [-0.4, -0.2) is 32.7 Å². The van der Waals surface area contributed by atoms with Crippen molar-refractivity contribution in [3.63, 3.8) is 0 Å². The van der Waals surface area contributed by atoms with Crippen LogP contribution in [-0.2, 0) is 6.42 Å². The molecule has 1 saturated heterocycles. The Labute approximate surface area is 95.0 Å². The maximum Gasteiger partial charge on any atom is 0.179 e. The molecule has 0 spiro atoms. The average Bonchev–Trinajstić information content (AvgIpc) is 2.54. The maximum atomic E-state index is 4.18. The molecular formula is C9H10BrN5. The van der Waals surface area contributed by atoms with E-state index in [1.54, 1.807) is 6.20 Å². The number of aromatic nitrogens is 4. The number of rotatable bonds is 2. The molecule has 1 fully saturated rings. The van der Waals surface area contributed by atoms with E-state index < -0.39 is 0 Å². The summed E-state index contributed by atoms with van der Waals surface area (Å²) in [6, 6.07) is 0. The standard InChI is InChI=1S/C9H10BrN5/c10-7-5-15-8(1-6-2-11-3-6)13-14-9(15)4-12-7/h4-6,11H,1-3H2. The molecule has 0 unspecified atom stereocenters. The molecule has 0 atom stereocenters. The van der Waals surface area contributed by atoms with Gasteiger partial charge in [-0.1, -0.05) is 0 Å². The fourth-order valence-electron chi connectivity index (χ4n) is 1.72. The Kier molecular flexibility index (Phi) is 2.17. The van der Waals surface area contributed by atoms with Crippen molar-refractivity contribution >= 4 is 21.6 Å². The molecule has 2 aromatic heterocycles. The molecule has 1 aliphatic rings. The summed E-state index contributed by atoms with van der Waals surface area (Å²) in [5.74, 6) is 1.71. The lowest BCUT2D eigenvalue weighted by molar-refractivity contribution is 0.340. The van der Waals surface area contributed by atoms with E-state index in [0.29, 0.717) is 5.92 Å². The first-order valence-electron chi connectivity index (χ1n) is 4.89. The van der Waals surface area contributed by atoms with Gasteiger partial charge in [-0.25, -0.2) is 4.98 Å². The molecule has 2 aromatic rings. The molecule has 0 aliphatic carbocycles. The Morgan fingerprint density at radius 1 is 1.47 bits per heavy atom. The van der Waals surface area contributed by atoms with E-state index in [2.05, 4.69) is 36.4 Å². The molecule has 5 nitrogen and oxygen atoms in total. The Hall–Kier alpha value is -1.01. The highest BCUT2D eigenvalue weighted by molar-refractivity contribution is 9.10. The van der Waals surface area contributed by atoms with Crippen LogP contribution in [0.3, 0.4) is 0 Å². The van der Waals surface area contributed by atoms with Crippen molar-refractivity contribution in [1.82, 2.24) is 24.9 Å². The minimum Gasteiger partial charge on any atom is -0.316 e. The second-order valence-corrected chi connectivity index (χ2v) is 4.60. The Morgan fingerprint density at radius 2 is 2.33 bits per heavy atom. The second kappa shape index (κ2) is 3.53. The van der Waals surface area contributed by atoms with E-state index in [1.165, 1.54) is 0 Å². The van der Waals surface area contributed by atoms with Gasteiger partial charge in [-0.15, -0.1) is 10.2 Å². The minimum absolute atomic E-state index is 0.698. The molecule has 0 amide bonds. The van der Waals surface area contributed by atoms with Gasteiger partial charge >= 0.3 is 0 Å². The summed E-state index contributed by atoms with van der Waals surface area (Å²) in [6.45, 7) is 2.17. The molecule has 0 saturated carbocycles. The van der Waals surface area contributed by atoms with Crippen molar-refractivity contribution in [2.75, 3.05) is 13.1 Å². The summed E-state index contributed by atoms with van der Waals surface area (Å²) < 4.78 is 2.80. The Bertz CT molecular complexity index is 490. The minimum atomic E-state index is 0.698. The third kappa shape index (κ3) is 1.63. The van der Waals surface area contributed by atoms with E-state index in [1.807, 2.05) is 10.6 Å². The lowest BCUT2D eigenvalue weighted by Gasteiger charge is -2.26. The monoisotopic (exact) mass is 267 g/mol. The van der Waals surface area contributed by atoms with Crippen molar-refractivity contribution in [3.8, 4) is 0 Å². The molecule has 6 heteroatoms. The number of hydrogen-bond donors (Lipinski definition) is 1. The zero-order valence-electron chi connectivity index (χ0n) is 8.02. The number of halogens is 1. The van der Waals surface area contributed by atoms with Gasteiger partial charge in [0.15, 0.2) is 5.65 Å². The molecule has 3 heterocycles. The van der Waals surface area contributed by atoms with Crippen LogP contribution in [0.1, 0.15) is 5.82 Å². The number of nitrogens with zero attached hydrogens (tertiary/aromatic N) is 4. The number of hydrogen-bond acceptors (Lipinski definition) is 4. The van der Waals surface area contributed by atoms with Crippen molar-refractivity contribution < 1.29 is 0 Å². The molecule has 15 heavy (non-hydrogen) atoms. The zero-order chi connectivity index (χ0) is 10.3. The van der Waals surface area contributed by atoms with Gasteiger partial charge in [-0.3, -0.25) is 4.40 Å². The van der Waals surface area contributed by atoms with Gasteiger partial charge in [-0.2, -0.15) is 0 Å². The summed E-state index contributed by atoms with van der Waals surface area (Å²) in [5.41, 5.74) is 0.806. The average molecular weight is 268 g/mol. The van der Waals surface area contributed by atoms with E-state index in [0.717, 1.165) is 35.6 Å². The smallest absolute Gasteiger partial charge is 0.179 e. The predicted molar refractivity (Wildman–Crippen MR) is 58.5 cm³/mol.